The van der Waals surface area contributed by atoms with Gasteiger partial charge in [-0.05, 0) is 92.6 Å². The Balaban J connectivity index is 1.41. The van der Waals surface area contributed by atoms with Crippen molar-refractivity contribution in [1.82, 2.24) is 0 Å². The molecule has 4 fully saturated rings. The molecule has 3 heteroatoms. The molecule has 0 aliphatic heterocycles. The fourth-order valence-electron chi connectivity index (χ4n) is 7.00. The van der Waals surface area contributed by atoms with Crippen LogP contribution in [0.1, 0.15) is 90.4 Å². The van der Waals surface area contributed by atoms with Gasteiger partial charge in [-0.15, -0.1) is 0 Å². The minimum absolute atomic E-state index is 0.361. The summed E-state index contributed by atoms with van der Waals surface area (Å²) < 4.78 is 0. The second kappa shape index (κ2) is 9.37. The van der Waals surface area contributed by atoms with E-state index in [0.717, 1.165) is 49.2 Å². The summed E-state index contributed by atoms with van der Waals surface area (Å²) in [6, 6.07) is 0. The fraction of sp³-hybridized carbons (Fsp3) is 0.714. The van der Waals surface area contributed by atoms with E-state index in [0.29, 0.717) is 24.2 Å². The van der Waals surface area contributed by atoms with Crippen molar-refractivity contribution >= 4 is 0 Å². The van der Waals surface area contributed by atoms with Gasteiger partial charge in [0.1, 0.15) is 0 Å². The van der Waals surface area contributed by atoms with Crippen molar-refractivity contribution in [3.63, 3.8) is 0 Å². The highest BCUT2D eigenvalue weighted by Crippen LogP contribution is 2.58. The van der Waals surface area contributed by atoms with Gasteiger partial charge in [0.15, 0.2) is 0 Å². The van der Waals surface area contributed by atoms with Crippen LogP contribution in [0.15, 0.2) is 47.6 Å². The third kappa shape index (κ3) is 4.94. The predicted molar refractivity (Wildman–Crippen MR) is 127 cm³/mol. The van der Waals surface area contributed by atoms with Crippen LogP contribution in [0, 0.1) is 17.3 Å². The normalized spacial score (nSPS) is 40.8. The van der Waals surface area contributed by atoms with Crippen molar-refractivity contribution in [2.24, 2.45) is 17.3 Å². The molecule has 0 bridgehead atoms. The average Bonchev–Trinajstić information content (AvgIpc) is 3.30. The Labute approximate surface area is 188 Å². The lowest BCUT2D eigenvalue weighted by Crippen LogP contribution is -2.33. The molecule has 4 aliphatic carbocycles. The van der Waals surface area contributed by atoms with Gasteiger partial charge in [-0.3, -0.25) is 0 Å². The average molecular weight is 427 g/mol. The molecule has 0 amide bonds. The van der Waals surface area contributed by atoms with E-state index in [-0.39, 0.29) is 0 Å². The molecule has 0 saturated heterocycles. The van der Waals surface area contributed by atoms with E-state index in [1.807, 2.05) is 0 Å². The van der Waals surface area contributed by atoms with Gasteiger partial charge in [0.2, 0.25) is 0 Å². The molecule has 0 aromatic carbocycles. The van der Waals surface area contributed by atoms with Crippen LogP contribution in [0.5, 0.6) is 0 Å². The van der Waals surface area contributed by atoms with Crippen molar-refractivity contribution in [3.05, 3.63) is 47.6 Å². The van der Waals surface area contributed by atoms with Gasteiger partial charge < -0.3 is 15.3 Å². The van der Waals surface area contributed by atoms with E-state index in [4.69, 9.17) is 0 Å². The number of fused-ring (bicyclic) bond motifs is 1. The molecule has 31 heavy (non-hydrogen) atoms. The zero-order valence-electron chi connectivity index (χ0n) is 19.4. The summed E-state index contributed by atoms with van der Waals surface area (Å²) >= 11 is 0. The minimum Gasteiger partial charge on any atom is -0.393 e. The summed E-state index contributed by atoms with van der Waals surface area (Å²) in [6.07, 6.45) is 21.4. The van der Waals surface area contributed by atoms with Crippen LogP contribution in [-0.2, 0) is 0 Å². The van der Waals surface area contributed by atoms with Crippen molar-refractivity contribution < 1.29 is 15.3 Å². The Bertz CT molecular complexity index is 754. The molecular weight excluding hydrogens is 384 g/mol. The SMILES string of the molecule is C=C1/C(=C\C=C2/CCC[C@@]3(C)C2CC[C@@H]3C/C=C/CC2(O)CCCC2)C[C@@H](O)C[C@@H]1O. The summed E-state index contributed by atoms with van der Waals surface area (Å²) in [5.41, 5.74) is 3.26. The van der Waals surface area contributed by atoms with Gasteiger partial charge in [0.05, 0.1) is 17.8 Å². The number of allylic oxidation sites excluding steroid dienone is 4. The summed E-state index contributed by atoms with van der Waals surface area (Å²) in [4.78, 5) is 0. The van der Waals surface area contributed by atoms with Crippen LogP contribution in [0.4, 0.5) is 0 Å². The third-order valence-electron chi connectivity index (χ3n) is 9.04. The molecule has 1 unspecified atom stereocenters. The molecule has 172 valence electrons. The van der Waals surface area contributed by atoms with Crippen molar-refractivity contribution in [2.45, 2.75) is 108 Å². The molecule has 5 atom stereocenters. The van der Waals surface area contributed by atoms with Gasteiger partial charge in [0, 0.05) is 6.42 Å². The zero-order valence-corrected chi connectivity index (χ0v) is 19.4. The second-order valence-corrected chi connectivity index (χ2v) is 11.1. The first-order valence-corrected chi connectivity index (χ1v) is 12.6. The Kier molecular flexibility index (Phi) is 6.96. The van der Waals surface area contributed by atoms with Crippen molar-refractivity contribution in [3.8, 4) is 0 Å². The number of rotatable bonds is 5. The maximum Gasteiger partial charge on any atom is 0.0811 e. The number of aliphatic hydroxyl groups excluding tert-OH is 2. The van der Waals surface area contributed by atoms with E-state index >= 15 is 0 Å². The molecule has 0 aromatic heterocycles. The van der Waals surface area contributed by atoms with Crippen LogP contribution >= 0.6 is 0 Å². The van der Waals surface area contributed by atoms with Gasteiger partial charge in [0.25, 0.3) is 0 Å². The first-order chi connectivity index (χ1) is 14.8. The maximum absolute atomic E-state index is 10.6. The maximum atomic E-state index is 10.6. The molecular formula is C28H42O3. The Morgan fingerprint density at radius 1 is 1.03 bits per heavy atom. The molecule has 0 spiro atoms. The molecule has 0 heterocycles. The number of aliphatic hydroxyl groups is 3. The first kappa shape index (κ1) is 23.0. The first-order valence-electron chi connectivity index (χ1n) is 12.6. The van der Waals surface area contributed by atoms with E-state index in [1.54, 1.807) is 5.57 Å². The van der Waals surface area contributed by atoms with E-state index in [1.165, 1.54) is 38.5 Å². The molecule has 4 aliphatic rings. The molecule has 4 saturated carbocycles. The highest BCUT2D eigenvalue weighted by Gasteiger charge is 2.48. The Morgan fingerprint density at radius 2 is 1.81 bits per heavy atom. The lowest BCUT2D eigenvalue weighted by atomic mass is 9.63. The molecule has 3 N–H and O–H groups in total. The number of hydrogen-bond acceptors (Lipinski definition) is 3. The Hall–Kier alpha value is -1.16. The largest absolute Gasteiger partial charge is 0.393 e. The van der Waals surface area contributed by atoms with E-state index in [9.17, 15) is 15.3 Å². The number of hydrogen-bond donors (Lipinski definition) is 3. The topological polar surface area (TPSA) is 60.7 Å². The Morgan fingerprint density at radius 3 is 2.58 bits per heavy atom. The standard InChI is InChI=1S/C28H42O3/c1-20-22(18-24(29)19-26(20)30)11-10-21-8-7-14-27(2)23(12-13-25(21)27)9-3-4-15-28(31)16-5-6-17-28/h3-4,10-11,23-26,29-31H,1,5-9,12-19H2,2H3/b4-3+,21-10+,22-11-/t23-,24+,25?,26-,27+/m0/s1. The highest BCUT2D eigenvalue weighted by atomic mass is 16.3. The summed E-state index contributed by atoms with van der Waals surface area (Å²) in [7, 11) is 0. The van der Waals surface area contributed by atoms with Gasteiger partial charge in [-0.25, -0.2) is 0 Å². The molecule has 4 rings (SSSR count). The summed E-state index contributed by atoms with van der Waals surface area (Å²) in [6.45, 7) is 6.56. The second-order valence-electron chi connectivity index (χ2n) is 11.1. The minimum atomic E-state index is -0.616. The molecule has 3 nitrogen and oxygen atoms in total. The molecule has 0 aromatic rings. The van der Waals surface area contributed by atoms with E-state index in [2.05, 4.69) is 37.8 Å². The lowest BCUT2D eigenvalue weighted by molar-refractivity contribution is 0.0508. The van der Waals surface area contributed by atoms with E-state index < -0.39 is 17.8 Å². The van der Waals surface area contributed by atoms with Crippen molar-refractivity contribution in [1.29, 1.82) is 0 Å². The molecule has 0 radical (unpaired) electrons. The van der Waals surface area contributed by atoms with Gasteiger partial charge in [-0.1, -0.05) is 56.2 Å². The highest BCUT2D eigenvalue weighted by molar-refractivity contribution is 5.38. The van der Waals surface area contributed by atoms with Crippen LogP contribution in [-0.4, -0.2) is 33.1 Å². The lowest BCUT2D eigenvalue weighted by Gasteiger charge is -2.42. The van der Waals surface area contributed by atoms with Crippen LogP contribution in [0.3, 0.4) is 0 Å². The van der Waals surface area contributed by atoms with Gasteiger partial charge >= 0.3 is 0 Å². The zero-order chi connectivity index (χ0) is 22.1. The predicted octanol–water partition coefficient (Wildman–Crippen LogP) is 5.77. The monoisotopic (exact) mass is 426 g/mol. The smallest absolute Gasteiger partial charge is 0.0811 e. The van der Waals surface area contributed by atoms with Gasteiger partial charge in [-0.2, -0.15) is 0 Å². The van der Waals surface area contributed by atoms with Crippen molar-refractivity contribution in [2.75, 3.05) is 0 Å². The quantitative estimate of drug-likeness (QED) is 0.489. The third-order valence-corrected chi connectivity index (χ3v) is 9.04. The summed E-state index contributed by atoms with van der Waals surface area (Å²) in [5.74, 6) is 1.36. The van der Waals surface area contributed by atoms with Crippen LogP contribution < -0.4 is 0 Å². The fourth-order valence-corrected chi connectivity index (χ4v) is 7.00. The van der Waals surface area contributed by atoms with Crippen LogP contribution in [0.2, 0.25) is 0 Å². The summed E-state index contributed by atoms with van der Waals surface area (Å²) in [5, 5.41) is 30.7. The van der Waals surface area contributed by atoms with Crippen LogP contribution in [0.25, 0.3) is 0 Å².